The van der Waals surface area contributed by atoms with Crippen molar-refractivity contribution in [3.63, 3.8) is 0 Å². The molecule has 3 heteroatoms. The van der Waals surface area contributed by atoms with Crippen molar-refractivity contribution in [2.75, 3.05) is 13.6 Å². The molecule has 13 heavy (non-hydrogen) atoms. The number of rotatable bonds is 3. The Morgan fingerprint density at radius 1 is 1.69 bits per heavy atom. The molecule has 0 aromatic carbocycles. The van der Waals surface area contributed by atoms with E-state index in [1.54, 1.807) is 0 Å². The van der Waals surface area contributed by atoms with Gasteiger partial charge in [-0.25, -0.2) is 0 Å². The number of piperidine rings is 1. The number of hydrogen-bond donors (Lipinski definition) is 1. The fraction of sp³-hybridized carbons (Fsp3) is 0.900. The van der Waals surface area contributed by atoms with Crippen molar-refractivity contribution in [3.05, 3.63) is 0 Å². The Bertz CT molecular complexity index is 182. The van der Waals surface area contributed by atoms with Crippen molar-refractivity contribution >= 4 is 5.91 Å². The number of likely N-dealkylation sites (tertiary alicyclic amines) is 1. The summed E-state index contributed by atoms with van der Waals surface area (Å²) in [6, 6.07) is 0.508. The van der Waals surface area contributed by atoms with E-state index < -0.39 is 0 Å². The van der Waals surface area contributed by atoms with Crippen molar-refractivity contribution in [1.29, 1.82) is 0 Å². The molecule has 2 unspecified atom stereocenters. The van der Waals surface area contributed by atoms with E-state index in [0.717, 1.165) is 25.8 Å². The lowest BCUT2D eigenvalue weighted by molar-refractivity contribution is -0.134. The zero-order valence-electron chi connectivity index (χ0n) is 8.84. The van der Waals surface area contributed by atoms with Crippen molar-refractivity contribution in [2.45, 2.75) is 45.2 Å². The van der Waals surface area contributed by atoms with Crippen LogP contribution in [0, 0.1) is 0 Å². The van der Waals surface area contributed by atoms with Crippen molar-refractivity contribution in [1.82, 2.24) is 10.2 Å². The van der Waals surface area contributed by atoms with Gasteiger partial charge in [0.15, 0.2) is 0 Å². The highest BCUT2D eigenvalue weighted by Crippen LogP contribution is 2.10. The smallest absolute Gasteiger partial charge is 0.239 e. The second-order valence-corrected chi connectivity index (χ2v) is 3.93. The molecule has 2 atom stereocenters. The molecule has 76 valence electrons. The molecule has 0 aromatic rings. The van der Waals surface area contributed by atoms with E-state index in [1.807, 2.05) is 11.9 Å². The number of amides is 1. The van der Waals surface area contributed by atoms with Gasteiger partial charge in [0.2, 0.25) is 5.91 Å². The highest BCUT2D eigenvalue weighted by atomic mass is 16.2. The fourth-order valence-corrected chi connectivity index (χ4v) is 1.65. The zero-order valence-corrected chi connectivity index (χ0v) is 8.84. The Hall–Kier alpha value is -0.570. The second kappa shape index (κ2) is 4.61. The lowest BCUT2D eigenvalue weighted by Gasteiger charge is -2.31. The van der Waals surface area contributed by atoms with E-state index in [1.165, 1.54) is 0 Å². The van der Waals surface area contributed by atoms with Crippen molar-refractivity contribution < 1.29 is 4.79 Å². The van der Waals surface area contributed by atoms with Gasteiger partial charge in [0.1, 0.15) is 0 Å². The molecule has 1 aliphatic heterocycles. The molecule has 1 fully saturated rings. The summed E-state index contributed by atoms with van der Waals surface area (Å²) in [5, 5.41) is 3.36. The van der Waals surface area contributed by atoms with Crippen LogP contribution in [0.4, 0.5) is 0 Å². The van der Waals surface area contributed by atoms with Crippen LogP contribution in [0.1, 0.15) is 33.1 Å². The standard InChI is InChI=1S/C10H20N2O/c1-4-8(2)11-9-6-5-7-12(3)10(9)13/h8-9,11H,4-7H2,1-3H3. The molecule has 1 aliphatic rings. The Morgan fingerprint density at radius 3 is 3.00 bits per heavy atom. The molecule has 1 amide bonds. The van der Waals surface area contributed by atoms with Gasteiger partial charge in [-0.2, -0.15) is 0 Å². The first-order valence-electron chi connectivity index (χ1n) is 5.16. The second-order valence-electron chi connectivity index (χ2n) is 3.93. The van der Waals surface area contributed by atoms with Gasteiger partial charge < -0.3 is 10.2 Å². The van der Waals surface area contributed by atoms with Gasteiger partial charge in [0, 0.05) is 19.6 Å². The molecule has 0 aromatic heterocycles. The van der Waals surface area contributed by atoms with Crippen LogP contribution in [0.2, 0.25) is 0 Å². The first kappa shape index (κ1) is 10.5. The van der Waals surface area contributed by atoms with E-state index in [9.17, 15) is 4.79 Å². The first-order chi connectivity index (χ1) is 6.15. The molecule has 1 saturated heterocycles. The van der Waals surface area contributed by atoms with E-state index >= 15 is 0 Å². The summed E-state index contributed by atoms with van der Waals surface area (Å²) in [6.07, 6.45) is 3.19. The van der Waals surface area contributed by atoms with Crippen LogP contribution >= 0.6 is 0 Å². The number of likely N-dealkylation sites (N-methyl/N-ethyl adjacent to an activating group) is 1. The Balaban J connectivity index is 2.44. The summed E-state index contributed by atoms with van der Waals surface area (Å²) in [5.74, 6) is 0.256. The van der Waals surface area contributed by atoms with Crippen LogP contribution in [0.5, 0.6) is 0 Å². The zero-order chi connectivity index (χ0) is 9.84. The monoisotopic (exact) mass is 184 g/mol. The summed E-state index contributed by atoms with van der Waals surface area (Å²) in [6.45, 7) is 5.17. The molecule has 0 bridgehead atoms. The number of nitrogens with one attached hydrogen (secondary N) is 1. The average Bonchev–Trinajstić information content (AvgIpc) is 2.13. The summed E-state index contributed by atoms with van der Waals surface area (Å²) >= 11 is 0. The molecule has 1 rings (SSSR count). The molecule has 3 nitrogen and oxygen atoms in total. The molecule has 0 radical (unpaired) electrons. The maximum Gasteiger partial charge on any atom is 0.239 e. The van der Waals surface area contributed by atoms with Crippen LogP contribution in [-0.4, -0.2) is 36.5 Å². The van der Waals surface area contributed by atoms with Gasteiger partial charge >= 0.3 is 0 Å². The molecular weight excluding hydrogens is 164 g/mol. The summed E-state index contributed by atoms with van der Waals surface area (Å²) in [4.78, 5) is 13.5. The van der Waals surface area contributed by atoms with Gasteiger partial charge in [0.25, 0.3) is 0 Å². The van der Waals surface area contributed by atoms with Gasteiger partial charge in [0.05, 0.1) is 6.04 Å². The topological polar surface area (TPSA) is 32.3 Å². The van der Waals surface area contributed by atoms with Crippen LogP contribution in [0.25, 0.3) is 0 Å². The van der Waals surface area contributed by atoms with Crippen LogP contribution in [-0.2, 0) is 4.79 Å². The summed E-state index contributed by atoms with van der Waals surface area (Å²) < 4.78 is 0. The third kappa shape index (κ3) is 2.69. The predicted octanol–water partition coefficient (Wildman–Crippen LogP) is 0.995. The SMILES string of the molecule is CCC(C)NC1CCCN(C)C1=O. The molecular formula is C10H20N2O. The third-order valence-electron chi connectivity index (χ3n) is 2.76. The quantitative estimate of drug-likeness (QED) is 0.709. The minimum Gasteiger partial charge on any atom is -0.344 e. The van der Waals surface area contributed by atoms with Crippen LogP contribution < -0.4 is 5.32 Å². The number of hydrogen-bond acceptors (Lipinski definition) is 2. The van der Waals surface area contributed by atoms with Gasteiger partial charge in [-0.15, -0.1) is 0 Å². The fourth-order valence-electron chi connectivity index (χ4n) is 1.65. The molecule has 0 aliphatic carbocycles. The number of nitrogens with zero attached hydrogens (tertiary/aromatic N) is 1. The number of carbonyl (C=O) groups is 1. The molecule has 1 heterocycles. The minimum atomic E-state index is 0.0636. The Kier molecular flexibility index (Phi) is 3.72. The number of carbonyl (C=O) groups excluding carboxylic acids is 1. The lowest BCUT2D eigenvalue weighted by Crippen LogP contribution is -2.51. The van der Waals surface area contributed by atoms with Crippen molar-refractivity contribution in [3.8, 4) is 0 Å². The van der Waals surface area contributed by atoms with Crippen molar-refractivity contribution in [2.24, 2.45) is 0 Å². The molecule has 1 N–H and O–H groups in total. The molecule has 0 spiro atoms. The van der Waals surface area contributed by atoms with E-state index in [0.29, 0.717) is 6.04 Å². The molecule has 0 saturated carbocycles. The average molecular weight is 184 g/mol. The maximum absolute atomic E-state index is 11.6. The van der Waals surface area contributed by atoms with Crippen LogP contribution in [0.3, 0.4) is 0 Å². The minimum absolute atomic E-state index is 0.0636. The van der Waals surface area contributed by atoms with Gasteiger partial charge in [-0.3, -0.25) is 4.79 Å². The first-order valence-corrected chi connectivity index (χ1v) is 5.16. The lowest BCUT2D eigenvalue weighted by atomic mass is 10.0. The predicted molar refractivity (Wildman–Crippen MR) is 53.5 cm³/mol. The third-order valence-corrected chi connectivity index (χ3v) is 2.76. The maximum atomic E-state index is 11.6. The van der Waals surface area contributed by atoms with Crippen LogP contribution in [0.15, 0.2) is 0 Å². The highest BCUT2D eigenvalue weighted by molar-refractivity contribution is 5.82. The normalized spacial score (nSPS) is 26.2. The van der Waals surface area contributed by atoms with E-state index in [2.05, 4.69) is 19.2 Å². The Morgan fingerprint density at radius 2 is 2.38 bits per heavy atom. The van der Waals surface area contributed by atoms with E-state index in [4.69, 9.17) is 0 Å². The van der Waals surface area contributed by atoms with E-state index in [-0.39, 0.29) is 11.9 Å². The Labute approximate surface area is 80.5 Å². The highest BCUT2D eigenvalue weighted by Gasteiger charge is 2.26. The van der Waals surface area contributed by atoms with Gasteiger partial charge in [-0.05, 0) is 26.2 Å². The summed E-state index contributed by atoms with van der Waals surface area (Å²) in [7, 11) is 1.88. The van der Waals surface area contributed by atoms with Gasteiger partial charge in [-0.1, -0.05) is 6.92 Å². The largest absolute Gasteiger partial charge is 0.344 e. The summed E-state index contributed by atoms with van der Waals surface area (Å²) in [5.41, 5.74) is 0.